The lowest BCUT2D eigenvalue weighted by Crippen LogP contribution is -2.01. The van der Waals surface area contributed by atoms with E-state index in [2.05, 4.69) is 34.8 Å². The molecule has 85 valence electrons. The maximum atomic E-state index is 4.23. The van der Waals surface area contributed by atoms with Crippen molar-refractivity contribution in [3.05, 3.63) is 53.6 Å². The van der Waals surface area contributed by atoms with Crippen LogP contribution >= 0.6 is 0 Å². The molecule has 0 atom stereocenters. The van der Waals surface area contributed by atoms with E-state index in [1.54, 1.807) is 0 Å². The fourth-order valence-electron chi connectivity index (χ4n) is 2.27. The van der Waals surface area contributed by atoms with E-state index in [1.807, 2.05) is 19.1 Å². The third-order valence-electron chi connectivity index (χ3n) is 3.25. The molecule has 0 aliphatic heterocycles. The molecule has 0 bridgehead atoms. The van der Waals surface area contributed by atoms with Gasteiger partial charge in [-0.1, -0.05) is 12.1 Å². The summed E-state index contributed by atoms with van der Waals surface area (Å²) < 4.78 is 0. The summed E-state index contributed by atoms with van der Waals surface area (Å²) in [6.07, 6.45) is 5.99. The third-order valence-corrected chi connectivity index (χ3v) is 3.25. The van der Waals surface area contributed by atoms with Gasteiger partial charge in [-0.2, -0.15) is 10.2 Å². The van der Waals surface area contributed by atoms with Crippen molar-refractivity contribution in [1.29, 1.82) is 0 Å². The van der Waals surface area contributed by atoms with Crippen LogP contribution < -0.4 is 0 Å². The summed E-state index contributed by atoms with van der Waals surface area (Å²) in [7, 11) is 0. The van der Waals surface area contributed by atoms with Gasteiger partial charge in [0.25, 0.3) is 0 Å². The molecule has 17 heavy (non-hydrogen) atoms. The highest BCUT2D eigenvalue weighted by atomic mass is 15.1. The van der Waals surface area contributed by atoms with E-state index in [-0.39, 0.29) is 0 Å². The van der Waals surface area contributed by atoms with Crippen LogP contribution in [0, 0.1) is 13.3 Å². The minimum atomic E-state index is 0.956. The van der Waals surface area contributed by atoms with Gasteiger partial charge in [-0.25, -0.2) is 0 Å². The number of aromatic nitrogens is 2. The second kappa shape index (κ2) is 4.28. The van der Waals surface area contributed by atoms with E-state index in [1.165, 1.54) is 30.4 Å². The average Bonchev–Trinajstić information content (AvgIpc) is 2.39. The summed E-state index contributed by atoms with van der Waals surface area (Å²) >= 11 is 0. The van der Waals surface area contributed by atoms with E-state index in [0.717, 1.165) is 17.0 Å². The Morgan fingerprint density at radius 1 is 1.06 bits per heavy atom. The molecule has 0 fully saturated rings. The van der Waals surface area contributed by atoms with Gasteiger partial charge in [-0.3, -0.25) is 0 Å². The van der Waals surface area contributed by atoms with E-state index in [0.29, 0.717) is 0 Å². The maximum Gasteiger partial charge on any atom is 0.0929 e. The quantitative estimate of drug-likeness (QED) is 0.741. The first-order valence-corrected chi connectivity index (χ1v) is 6.10. The molecule has 0 amide bonds. The van der Waals surface area contributed by atoms with Crippen molar-refractivity contribution < 1.29 is 0 Å². The van der Waals surface area contributed by atoms with Crippen molar-refractivity contribution in [1.82, 2.24) is 10.2 Å². The van der Waals surface area contributed by atoms with Crippen molar-refractivity contribution in [2.24, 2.45) is 0 Å². The number of benzene rings is 1. The molecule has 0 saturated heterocycles. The van der Waals surface area contributed by atoms with E-state index in [9.17, 15) is 0 Å². The van der Waals surface area contributed by atoms with Gasteiger partial charge < -0.3 is 0 Å². The summed E-state index contributed by atoms with van der Waals surface area (Å²) in [6.45, 7) is 1.96. The Bertz CT molecular complexity index is 529. The summed E-state index contributed by atoms with van der Waals surface area (Å²) in [5, 5.41) is 8.34. The zero-order valence-corrected chi connectivity index (χ0v) is 9.98. The molecule has 1 radical (unpaired) electrons. The maximum absolute atomic E-state index is 4.23. The van der Waals surface area contributed by atoms with Crippen molar-refractivity contribution >= 4 is 0 Å². The van der Waals surface area contributed by atoms with Gasteiger partial charge in [0.2, 0.25) is 0 Å². The molecule has 1 aliphatic rings. The SMILES string of the molecule is Cc1ccc(-c2ccc3c(c2)[CH]CCC3)nn1. The Hall–Kier alpha value is -1.70. The molecule has 2 aromatic rings. The Labute approximate surface area is 102 Å². The minimum absolute atomic E-state index is 0.956. The predicted molar refractivity (Wildman–Crippen MR) is 68.5 cm³/mol. The van der Waals surface area contributed by atoms with Crippen LogP contribution in [0.2, 0.25) is 0 Å². The van der Waals surface area contributed by atoms with Gasteiger partial charge >= 0.3 is 0 Å². The lowest BCUT2D eigenvalue weighted by Gasteiger charge is -2.15. The van der Waals surface area contributed by atoms with E-state index in [4.69, 9.17) is 0 Å². The van der Waals surface area contributed by atoms with Gasteiger partial charge in [0, 0.05) is 5.56 Å². The molecular formula is C15H15N2. The fraction of sp³-hybridized carbons (Fsp3) is 0.267. The van der Waals surface area contributed by atoms with Crippen molar-refractivity contribution in [3.8, 4) is 11.3 Å². The Morgan fingerprint density at radius 3 is 2.82 bits per heavy atom. The summed E-state index contributed by atoms with van der Waals surface area (Å²) in [5.74, 6) is 0. The highest BCUT2D eigenvalue weighted by Crippen LogP contribution is 2.27. The number of aryl methyl sites for hydroxylation is 2. The molecule has 1 heterocycles. The zero-order chi connectivity index (χ0) is 11.7. The molecule has 2 nitrogen and oxygen atoms in total. The van der Waals surface area contributed by atoms with Crippen LogP contribution in [-0.4, -0.2) is 10.2 Å². The van der Waals surface area contributed by atoms with Crippen molar-refractivity contribution in [2.75, 3.05) is 0 Å². The summed E-state index contributed by atoms with van der Waals surface area (Å²) in [4.78, 5) is 0. The van der Waals surface area contributed by atoms with Crippen LogP contribution in [0.3, 0.4) is 0 Å². The first kappa shape index (κ1) is 10.5. The van der Waals surface area contributed by atoms with E-state index < -0.39 is 0 Å². The number of nitrogens with zero attached hydrogens (tertiary/aromatic N) is 2. The smallest absolute Gasteiger partial charge is 0.0929 e. The molecule has 0 spiro atoms. The van der Waals surface area contributed by atoms with Gasteiger partial charge in [0.15, 0.2) is 0 Å². The summed E-state index contributed by atoms with van der Waals surface area (Å²) in [5.41, 5.74) is 5.90. The van der Waals surface area contributed by atoms with Gasteiger partial charge in [0.1, 0.15) is 0 Å². The Kier molecular flexibility index (Phi) is 2.63. The lowest BCUT2D eigenvalue weighted by molar-refractivity contribution is 0.775. The molecule has 0 unspecified atom stereocenters. The van der Waals surface area contributed by atoms with Crippen molar-refractivity contribution in [2.45, 2.75) is 26.2 Å². The van der Waals surface area contributed by atoms with Crippen LogP contribution in [-0.2, 0) is 6.42 Å². The highest BCUT2D eigenvalue weighted by molar-refractivity contribution is 5.61. The standard InChI is InChI=1S/C15H15N2/c1-11-6-9-15(17-16-11)14-8-7-12-4-2-3-5-13(12)10-14/h5-10H,2-4H2,1H3. The molecule has 1 aromatic carbocycles. The van der Waals surface area contributed by atoms with Crippen molar-refractivity contribution in [3.63, 3.8) is 0 Å². The highest BCUT2D eigenvalue weighted by Gasteiger charge is 2.10. The number of fused-ring (bicyclic) bond motifs is 1. The zero-order valence-electron chi connectivity index (χ0n) is 9.98. The molecule has 1 aromatic heterocycles. The first-order chi connectivity index (χ1) is 8.33. The third kappa shape index (κ3) is 2.07. The normalized spacial score (nSPS) is 14.4. The van der Waals surface area contributed by atoms with Crippen LogP contribution in [0.5, 0.6) is 0 Å². The number of hydrogen-bond donors (Lipinski definition) is 0. The number of hydrogen-bond acceptors (Lipinski definition) is 2. The molecule has 2 heteroatoms. The molecule has 1 aliphatic carbocycles. The topological polar surface area (TPSA) is 25.8 Å². The second-order valence-electron chi connectivity index (χ2n) is 4.57. The monoisotopic (exact) mass is 223 g/mol. The molecule has 3 rings (SSSR count). The second-order valence-corrected chi connectivity index (χ2v) is 4.57. The van der Waals surface area contributed by atoms with Crippen LogP contribution in [0.25, 0.3) is 11.3 Å². The van der Waals surface area contributed by atoms with Crippen LogP contribution in [0.15, 0.2) is 30.3 Å². The Morgan fingerprint density at radius 2 is 2.00 bits per heavy atom. The van der Waals surface area contributed by atoms with Gasteiger partial charge in [0.05, 0.1) is 11.4 Å². The largest absolute Gasteiger partial charge is 0.155 e. The fourth-order valence-corrected chi connectivity index (χ4v) is 2.27. The van der Waals surface area contributed by atoms with E-state index >= 15 is 0 Å². The first-order valence-electron chi connectivity index (χ1n) is 6.10. The minimum Gasteiger partial charge on any atom is -0.155 e. The lowest BCUT2D eigenvalue weighted by atomic mass is 9.90. The summed E-state index contributed by atoms with van der Waals surface area (Å²) in [6, 6.07) is 10.6. The predicted octanol–water partition coefficient (Wildman–Crippen LogP) is 3.34. The molecule has 0 N–H and O–H groups in total. The number of rotatable bonds is 1. The van der Waals surface area contributed by atoms with Crippen LogP contribution in [0.1, 0.15) is 29.7 Å². The molecular weight excluding hydrogens is 208 g/mol. The van der Waals surface area contributed by atoms with Gasteiger partial charge in [-0.15, -0.1) is 0 Å². The Balaban J connectivity index is 2.01. The van der Waals surface area contributed by atoms with Crippen LogP contribution in [0.4, 0.5) is 0 Å². The molecule has 0 saturated carbocycles. The van der Waals surface area contributed by atoms with Gasteiger partial charge in [-0.05, 0) is 61.9 Å². The average molecular weight is 223 g/mol.